The van der Waals surface area contributed by atoms with Crippen molar-refractivity contribution in [2.45, 2.75) is 24.6 Å². The highest BCUT2D eigenvalue weighted by molar-refractivity contribution is 7.92. The van der Waals surface area contributed by atoms with Gasteiger partial charge in [-0.05, 0) is 37.1 Å². The summed E-state index contributed by atoms with van der Waals surface area (Å²) in [6.07, 6.45) is 2.19. The minimum atomic E-state index is -3.84. The van der Waals surface area contributed by atoms with Gasteiger partial charge in [-0.15, -0.1) is 0 Å². The van der Waals surface area contributed by atoms with Gasteiger partial charge in [-0.25, -0.2) is 13.9 Å². The van der Waals surface area contributed by atoms with Gasteiger partial charge in [0.2, 0.25) is 0 Å². The summed E-state index contributed by atoms with van der Waals surface area (Å²) in [7, 11) is -3.84. The number of carbonyl (C=O) groups excluding carboxylic acids is 1. The first kappa shape index (κ1) is 21.4. The van der Waals surface area contributed by atoms with Gasteiger partial charge in [0.1, 0.15) is 0 Å². The van der Waals surface area contributed by atoms with Crippen LogP contribution in [0.5, 0.6) is 0 Å². The van der Waals surface area contributed by atoms with Gasteiger partial charge >= 0.3 is 0 Å². The number of aryl methyl sites for hydroxylation is 1. The number of hydrogen-bond acceptors (Lipinski definition) is 5. The molecule has 1 atom stereocenters. The molecule has 1 aromatic carbocycles. The van der Waals surface area contributed by atoms with E-state index in [0.717, 1.165) is 6.26 Å². The van der Waals surface area contributed by atoms with Crippen LogP contribution in [-0.2, 0) is 21.2 Å². The maximum absolute atomic E-state index is 12.4. The molecule has 1 amide bonds. The van der Waals surface area contributed by atoms with E-state index >= 15 is 0 Å². The Bertz CT molecular complexity index is 1040. The van der Waals surface area contributed by atoms with E-state index in [1.54, 1.807) is 24.3 Å². The van der Waals surface area contributed by atoms with E-state index in [2.05, 4.69) is 0 Å². The zero-order valence-corrected chi connectivity index (χ0v) is 16.9. The van der Waals surface area contributed by atoms with Crippen molar-refractivity contribution in [2.24, 2.45) is 0 Å². The lowest BCUT2D eigenvalue weighted by Crippen LogP contribution is -2.49. The average Bonchev–Trinajstić information content (AvgIpc) is 2.58. The lowest BCUT2D eigenvalue weighted by atomic mass is 10.1. The van der Waals surface area contributed by atoms with Crippen LogP contribution in [0.25, 0.3) is 11.1 Å². The summed E-state index contributed by atoms with van der Waals surface area (Å²) in [4.78, 5) is 24.2. The van der Waals surface area contributed by atoms with Crippen LogP contribution in [0.1, 0.15) is 13.3 Å². The topological polar surface area (TPSA) is 105 Å². The fourth-order valence-corrected chi connectivity index (χ4v) is 3.87. The zero-order valence-electron chi connectivity index (χ0n) is 14.6. The Morgan fingerprint density at radius 2 is 1.93 bits per heavy atom. The first-order valence-corrected chi connectivity index (χ1v) is 10.4. The summed E-state index contributed by atoms with van der Waals surface area (Å²) in [6, 6.07) is 7.92. The maximum Gasteiger partial charge on any atom is 0.264 e. The molecule has 146 valence electrons. The molecule has 0 spiro atoms. The quantitative estimate of drug-likeness (QED) is 0.538. The predicted octanol–water partition coefficient (Wildman–Crippen LogP) is 2.52. The van der Waals surface area contributed by atoms with Crippen LogP contribution < -0.4 is 11.0 Å². The molecule has 0 aliphatic heterocycles. The lowest BCUT2D eigenvalue weighted by molar-refractivity contribution is -0.131. The summed E-state index contributed by atoms with van der Waals surface area (Å²) in [5.41, 5.74) is 2.19. The first-order chi connectivity index (χ1) is 12.5. The van der Waals surface area contributed by atoms with Gasteiger partial charge < -0.3 is 4.57 Å². The molecule has 0 aliphatic carbocycles. The number of sulfone groups is 1. The van der Waals surface area contributed by atoms with Gasteiger partial charge in [-0.3, -0.25) is 14.8 Å². The number of carbonyl (C=O) groups is 1. The predicted molar refractivity (Wildman–Crippen MR) is 104 cm³/mol. The third kappa shape index (κ3) is 4.52. The molecule has 27 heavy (non-hydrogen) atoms. The van der Waals surface area contributed by atoms with E-state index in [-0.39, 0.29) is 13.0 Å². The van der Waals surface area contributed by atoms with Crippen molar-refractivity contribution < 1.29 is 18.4 Å². The molecule has 0 saturated carbocycles. The standard InChI is InChI=1S/C17H18Cl2N2O5S/c1-17(16(23)20-24,27(2,25)26)6-8-21-7-5-11(9-15(21)22)13-4-3-12(18)10-14(13)19/h3-5,7,9-10,24H,6,8H2,1-2H3,(H,20,23)/t17-/m1/s1. The van der Waals surface area contributed by atoms with Crippen molar-refractivity contribution in [3.63, 3.8) is 0 Å². The second kappa shape index (κ2) is 8.02. The van der Waals surface area contributed by atoms with Crippen LogP contribution >= 0.6 is 23.2 Å². The Balaban J connectivity index is 2.31. The van der Waals surface area contributed by atoms with Gasteiger partial charge in [-0.2, -0.15) is 0 Å². The van der Waals surface area contributed by atoms with Crippen molar-refractivity contribution in [3.05, 3.63) is 56.9 Å². The fourth-order valence-electron chi connectivity index (χ4n) is 2.50. The Kier molecular flexibility index (Phi) is 6.36. The van der Waals surface area contributed by atoms with Crippen molar-refractivity contribution in [1.82, 2.24) is 10.0 Å². The van der Waals surface area contributed by atoms with Crippen molar-refractivity contribution >= 4 is 38.9 Å². The molecule has 2 aromatic rings. The highest BCUT2D eigenvalue weighted by atomic mass is 35.5. The van der Waals surface area contributed by atoms with Crippen molar-refractivity contribution in [2.75, 3.05) is 6.26 Å². The molecule has 0 aliphatic rings. The molecule has 0 fully saturated rings. The molecule has 0 saturated heterocycles. The molecule has 0 bridgehead atoms. The Morgan fingerprint density at radius 1 is 1.26 bits per heavy atom. The first-order valence-electron chi connectivity index (χ1n) is 7.79. The van der Waals surface area contributed by atoms with Crippen molar-refractivity contribution in [1.29, 1.82) is 0 Å². The molecule has 2 rings (SSSR count). The van der Waals surface area contributed by atoms with Gasteiger partial charge in [0.25, 0.3) is 11.5 Å². The zero-order chi connectivity index (χ0) is 20.4. The van der Waals surface area contributed by atoms with Crippen LogP contribution in [0, 0.1) is 0 Å². The third-order valence-electron chi connectivity index (χ3n) is 4.47. The SMILES string of the molecule is C[C@@](CCn1ccc(-c2ccc(Cl)cc2Cl)cc1=O)(C(=O)NO)S(C)(=O)=O. The number of rotatable bonds is 6. The van der Waals surface area contributed by atoms with E-state index in [1.807, 2.05) is 0 Å². The van der Waals surface area contributed by atoms with Crippen LogP contribution in [0.3, 0.4) is 0 Å². The van der Waals surface area contributed by atoms with Crippen LogP contribution in [-0.4, -0.2) is 35.1 Å². The van der Waals surface area contributed by atoms with E-state index in [9.17, 15) is 18.0 Å². The summed E-state index contributed by atoms with van der Waals surface area (Å²) in [5, 5.41) is 9.70. The summed E-state index contributed by atoms with van der Waals surface area (Å²) in [6.45, 7) is 1.16. The molecule has 7 nitrogen and oxygen atoms in total. The molecular weight excluding hydrogens is 415 g/mol. The van der Waals surface area contributed by atoms with Gasteiger partial charge in [-0.1, -0.05) is 29.3 Å². The van der Waals surface area contributed by atoms with Gasteiger partial charge in [0.15, 0.2) is 14.6 Å². The number of nitrogens with zero attached hydrogens (tertiary/aromatic N) is 1. The number of nitrogens with one attached hydrogen (secondary N) is 1. The monoisotopic (exact) mass is 432 g/mol. The fraction of sp³-hybridized carbons (Fsp3) is 0.294. The second-order valence-corrected chi connectivity index (χ2v) is 9.55. The Labute approximate surface area is 166 Å². The summed E-state index contributed by atoms with van der Waals surface area (Å²) >= 11 is 12.0. The number of hydroxylamine groups is 1. The lowest BCUT2D eigenvalue weighted by Gasteiger charge is -2.25. The molecule has 0 unspecified atom stereocenters. The molecule has 10 heteroatoms. The van der Waals surface area contributed by atoms with Gasteiger partial charge in [0.05, 0.1) is 0 Å². The smallest absolute Gasteiger partial charge is 0.264 e. The Morgan fingerprint density at radius 3 is 2.44 bits per heavy atom. The number of aromatic nitrogens is 1. The summed E-state index contributed by atoms with van der Waals surface area (Å²) < 4.78 is 23.4. The molecule has 0 radical (unpaired) electrons. The highest BCUT2D eigenvalue weighted by Gasteiger charge is 2.43. The Hall–Kier alpha value is -1.87. The second-order valence-electron chi connectivity index (χ2n) is 6.27. The third-order valence-corrected chi connectivity index (χ3v) is 7.04. The highest BCUT2D eigenvalue weighted by Crippen LogP contribution is 2.29. The van der Waals surface area contributed by atoms with E-state index < -0.39 is 26.1 Å². The number of amides is 1. The number of halogens is 2. The average molecular weight is 433 g/mol. The minimum absolute atomic E-state index is 0.0372. The van der Waals surface area contributed by atoms with E-state index in [0.29, 0.717) is 21.2 Å². The van der Waals surface area contributed by atoms with Crippen LogP contribution in [0.4, 0.5) is 0 Å². The maximum atomic E-state index is 12.4. The largest absolute Gasteiger partial charge is 0.315 e. The molecule has 2 N–H and O–H groups in total. The minimum Gasteiger partial charge on any atom is -0.315 e. The molecule has 1 heterocycles. The number of hydrogen-bond donors (Lipinski definition) is 2. The van der Waals surface area contributed by atoms with Crippen molar-refractivity contribution in [3.8, 4) is 11.1 Å². The van der Waals surface area contributed by atoms with E-state index in [4.69, 9.17) is 28.4 Å². The van der Waals surface area contributed by atoms with Crippen LogP contribution in [0.15, 0.2) is 41.3 Å². The molecular formula is C17H18Cl2N2O5S. The number of pyridine rings is 1. The van der Waals surface area contributed by atoms with Crippen LogP contribution in [0.2, 0.25) is 10.0 Å². The van der Waals surface area contributed by atoms with E-state index in [1.165, 1.54) is 29.2 Å². The summed E-state index contributed by atoms with van der Waals surface area (Å²) in [5.74, 6) is -1.05. The molecule has 1 aromatic heterocycles. The van der Waals surface area contributed by atoms with Gasteiger partial charge in [0, 0.05) is 40.7 Å². The number of benzene rings is 1. The normalized spacial score (nSPS) is 13.8.